The predicted octanol–water partition coefficient (Wildman–Crippen LogP) is 1.06. The van der Waals surface area contributed by atoms with Crippen LogP contribution in [0.2, 0.25) is 0 Å². The summed E-state index contributed by atoms with van der Waals surface area (Å²) in [5.74, 6) is -0.0498. The van der Waals surface area contributed by atoms with Crippen molar-refractivity contribution in [1.82, 2.24) is 0 Å². The molecule has 0 amide bonds. The van der Waals surface area contributed by atoms with Crippen molar-refractivity contribution in [3.8, 4) is 0 Å². The first-order valence-electron chi connectivity index (χ1n) is 3.56. The highest BCUT2D eigenvalue weighted by molar-refractivity contribution is 9.10. The molecule has 0 bridgehead atoms. The smallest absolute Gasteiger partial charge is 0.211 e. The Morgan fingerprint density at radius 1 is 1.38 bits per heavy atom. The van der Waals surface area contributed by atoms with E-state index in [1.165, 1.54) is 0 Å². The van der Waals surface area contributed by atoms with Gasteiger partial charge in [0.1, 0.15) is 0 Å². The Kier molecular flexibility index (Phi) is 3.45. The molecule has 0 aliphatic heterocycles. The van der Waals surface area contributed by atoms with E-state index >= 15 is 0 Å². The summed E-state index contributed by atoms with van der Waals surface area (Å²) >= 11 is 3.34. The van der Waals surface area contributed by atoms with Gasteiger partial charge in [0.05, 0.1) is 6.21 Å². The summed E-state index contributed by atoms with van der Waals surface area (Å²) in [6, 6.07) is 7.64. The van der Waals surface area contributed by atoms with Crippen molar-refractivity contribution in [1.29, 1.82) is 0 Å². The molecule has 0 spiro atoms. The topological polar surface area (TPSA) is 76.8 Å². The van der Waals surface area contributed by atoms with Gasteiger partial charge in [-0.3, -0.25) is 0 Å². The minimum Gasteiger partial charge on any atom is -0.369 e. The van der Waals surface area contributed by atoms with Gasteiger partial charge in [-0.1, -0.05) is 28.1 Å². The van der Waals surface area contributed by atoms with Crippen molar-refractivity contribution in [2.45, 2.75) is 0 Å². The molecule has 0 saturated heterocycles. The molecule has 13 heavy (non-hydrogen) atoms. The molecule has 0 atom stereocenters. The van der Waals surface area contributed by atoms with E-state index in [-0.39, 0.29) is 5.96 Å². The molecular weight excluding hydrogens is 232 g/mol. The molecule has 0 saturated carbocycles. The molecular formula is C8H9BrN4. The SMILES string of the molecule is NC(N)=N/N=C/c1cccc(Br)c1. The number of nitrogens with two attached hydrogens (primary N) is 2. The first kappa shape index (κ1) is 9.73. The molecule has 1 aromatic rings. The quantitative estimate of drug-likeness (QED) is 0.461. The number of rotatable bonds is 2. The fourth-order valence-corrected chi connectivity index (χ4v) is 1.17. The van der Waals surface area contributed by atoms with Crippen LogP contribution in [0.4, 0.5) is 0 Å². The van der Waals surface area contributed by atoms with Gasteiger partial charge in [-0.05, 0) is 17.7 Å². The van der Waals surface area contributed by atoms with Gasteiger partial charge < -0.3 is 11.5 Å². The summed E-state index contributed by atoms with van der Waals surface area (Å²) in [6.45, 7) is 0. The first-order valence-corrected chi connectivity index (χ1v) is 4.35. The summed E-state index contributed by atoms with van der Waals surface area (Å²) in [6.07, 6.45) is 1.57. The molecule has 0 unspecified atom stereocenters. The van der Waals surface area contributed by atoms with Gasteiger partial charge >= 0.3 is 0 Å². The van der Waals surface area contributed by atoms with Crippen LogP contribution in [0.3, 0.4) is 0 Å². The summed E-state index contributed by atoms with van der Waals surface area (Å²) < 4.78 is 0.987. The highest BCUT2D eigenvalue weighted by Crippen LogP contribution is 2.09. The van der Waals surface area contributed by atoms with Crippen LogP contribution in [0, 0.1) is 0 Å². The maximum Gasteiger partial charge on any atom is 0.211 e. The summed E-state index contributed by atoms with van der Waals surface area (Å²) in [5.41, 5.74) is 11.1. The van der Waals surface area contributed by atoms with Crippen molar-refractivity contribution in [3.63, 3.8) is 0 Å². The highest BCUT2D eigenvalue weighted by Gasteiger charge is 1.88. The normalized spacial score (nSPS) is 10.2. The van der Waals surface area contributed by atoms with Crippen LogP contribution in [0.15, 0.2) is 38.9 Å². The van der Waals surface area contributed by atoms with Crippen LogP contribution in [-0.4, -0.2) is 12.2 Å². The number of benzene rings is 1. The monoisotopic (exact) mass is 240 g/mol. The Labute approximate surface area is 84.5 Å². The maximum absolute atomic E-state index is 5.09. The molecule has 0 aliphatic carbocycles. The van der Waals surface area contributed by atoms with Crippen LogP contribution in [-0.2, 0) is 0 Å². The van der Waals surface area contributed by atoms with Crippen molar-refractivity contribution in [2.75, 3.05) is 0 Å². The maximum atomic E-state index is 5.09. The number of halogens is 1. The van der Waals surface area contributed by atoms with Gasteiger partial charge in [0, 0.05) is 4.47 Å². The predicted molar refractivity (Wildman–Crippen MR) is 57.5 cm³/mol. The summed E-state index contributed by atoms with van der Waals surface area (Å²) in [4.78, 5) is 0. The molecule has 68 valence electrons. The molecule has 0 aromatic heterocycles. The lowest BCUT2D eigenvalue weighted by Crippen LogP contribution is -2.21. The second kappa shape index (κ2) is 4.61. The van der Waals surface area contributed by atoms with E-state index in [4.69, 9.17) is 11.5 Å². The Morgan fingerprint density at radius 2 is 2.15 bits per heavy atom. The Bertz CT molecular complexity index is 342. The van der Waals surface area contributed by atoms with Crippen molar-refractivity contribution in [3.05, 3.63) is 34.3 Å². The zero-order valence-electron chi connectivity index (χ0n) is 6.81. The van der Waals surface area contributed by atoms with Gasteiger partial charge in [-0.15, -0.1) is 5.10 Å². The number of guanidine groups is 1. The van der Waals surface area contributed by atoms with Gasteiger partial charge in [0.25, 0.3) is 0 Å². The zero-order valence-corrected chi connectivity index (χ0v) is 8.40. The molecule has 1 rings (SSSR count). The van der Waals surface area contributed by atoms with Gasteiger partial charge in [0.2, 0.25) is 5.96 Å². The van der Waals surface area contributed by atoms with Crippen LogP contribution >= 0.6 is 15.9 Å². The fourth-order valence-electron chi connectivity index (χ4n) is 0.749. The average molecular weight is 241 g/mol. The largest absolute Gasteiger partial charge is 0.369 e. The van der Waals surface area contributed by atoms with E-state index in [0.717, 1.165) is 10.0 Å². The third-order valence-corrected chi connectivity index (χ3v) is 1.72. The molecule has 1 aromatic carbocycles. The Hall–Kier alpha value is -1.36. The van der Waals surface area contributed by atoms with Crippen molar-refractivity contribution >= 4 is 28.1 Å². The third kappa shape index (κ3) is 3.71. The van der Waals surface area contributed by atoms with E-state index in [0.29, 0.717) is 0 Å². The second-order valence-electron chi connectivity index (χ2n) is 2.32. The Morgan fingerprint density at radius 3 is 2.77 bits per heavy atom. The van der Waals surface area contributed by atoms with E-state index < -0.39 is 0 Å². The lowest BCUT2D eigenvalue weighted by molar-refractivity contribution is 1.21. The molecule has 4 nitrogen and oxygen atoms in total. The third-order valence-electron chi connectivity index (χ3n) is 1.23. The number of hydrogen-bond acceptors (Lipinski definition) is 2. The first-order chi connectivity index (χ1) is 6.18. The van der Waals surface area contributed by atoms with Crippen molar-refractivity contribution in [2.24, 2.45) is 21.7 Å². The van der Waals surface area contributed by atoms with Crippen LogP contribution in [0.5, 0.6) is 0 Å². The van der Waals surface area contributed by atoms with Crippen LogP contribution in [0.25, 0.3) is 0 Å². The molecule has 0 heterocycles. The minimum atomic E-state index is -0.0498. The standard InChI is InChI=1S/C8H9BrN4/c9-7-3-1-2-6(4-7)5-12-13-8(10)11/h1-5H,(H4,10,11,13)/b12-5+. The van der Waals surface area contributed by atoms with E-state index in [1.54, 1.807) is 6.21 Å². The van der Waals surface area contributed by atoms with Crippen LogP contribution < -0.4 is 11.5 Å². The van der Waals surface area contributed by atoms with E-state index in [1.807, 2.05) is 24.3 Å². The minimum absolute atomic E-state index is 0.0498. The fraction of sp³-hybridized carbons (Fsp3) is 0. The number of nitrogens with zero attached hydrogens (tertiary/aromatic N) is 2. The molecule has 0 fully saturated rings. The highest BCUT2D eigenvalue weighted by atomic mass is 79.9. The van der Waals surface area contributed by atoms with Crippen LogP contribution in [0.1, 0.15) is 5.56 Å². The Balaban J connectivity index is 2.75. The lowest BCUT2D eigenvalue weighted by atomic mass is 10.2. The lowest BCUT2D eigenvalue weighted by Gasteiger charge is -1.91. The van der Waals surface area contributed by atoms with E-state index in [2.05, 4.69) is 26.1 Å². The molecule has 4 N–H and O–H groups in total. The van der Waals surface area contributed by atoms with Gasteiger partial charge in [0.15, 0.2) is 0 Å². The van der Waals surface area contributed by atoms with E-state index in [9.17, 15) is 0 Å². The van der Waals surface area contributed by atoms with Gasteiger partial charge in [-0.25, -0.2) is 0 Å². The second-order valence-corrected chi connectivity index (χ2v) is 3.24. The summed E-state index contributed by atoms with van der Waals surface area (Å²) in [7, 11) is 0. The van der Waals surface area contributed by atoms with Gasteiger partial charge in [-0.2, -0.15) is 5.10 Å². The molecule has 0 radical (unpaired) electrons. The average Bonchev–Trinajstić information content (AvgIpc) is 2.03. The number of hydrogen-bond donors (Lipinski definition) is 2. The summed E-state index contributed by atoms with van der Waals surface area (Å²) in [5, 5.41) is 7.15. The molecule has 0 aliphatic rings. The zero-order chi connectivity index (χ0) is 9.68. The molecule has 5 heteroatoms. The van der Waals surface area contributed by atoms with Crippen molar-refractivity contribution < 1.29 is 0 Å².